The summed E-state index contributed by atoms with van der Waals surface area (Å²) in [5.41, 5.74) is 1.88. The quantitative estimate of drug-likeness (QED) is 0.423. The van der Waals surface area contributed by atoms with E-state index in [-0.39, 0.29) is 23.8 Å². The van der Waals surface area contributed by atoms with Gasteiger partial charge in [0.15, 0.2) is 0 Å². The van der Waals surface area contributed by atoms with E-state index in [2.05, 4.69) is 41.6 Å². The summed E-state index contributed by atoms with van der Waals surface area (Å²) in [5, 5.41) is 10.1. The van der Waals surface area contributed by atoms with Crippen LogP contribution in [0.15, 0.2) is 57.5 Å². The molecule has 1 fully saturated rings. The smallest absolute Gasteiger partial charge is 0.253 e. The van der Waals surface area contributed by atoms with E-state index in [1.165, 1.54) is 0 Å². The number of nitrogens with zero attached hydrogens (tertiary/aromatic N) is 3. The highest BCUT2D eigenvalue weighted by molar-refractivity contribution is 9.10. The van der Waals surface area contributed by atoms with Crippen LogP contribution in [0.5, 0.6) is 0 Å². The summed E-state index contributed by atoms with van der Waals surface area (Å²) in [6, 6.07) is 14.9. The Labute approximate surface area is 213 Å². The van der Waals surface area contributed by atoms with Gasteiger partial charge in [0.05, 0.1) is 23.7 Å². The van der Waals surface area contributed by atoms with E-state index in [1.54, 1.807) is 18.2 Å². The minimum atomic E-state index is -0.193. The molecule has 9 heteroatoms. The van der Waals surface area contributed by atoms with Crippen LogP contribution in [0.1, 0.15) is 49.4 Å². The number of hydrogen-bond acceptors (Lipinski definition) is 6. The predicted octanol–water partition coefficient (Wildman–Crippen LogP) is 4.88. The minimum Gasteiger partial charge on any atom is -0.350 e. The molecule has 1 aromatic heterocycles. The number of amides is 2. The highest BCUT2D eigenvalue weighted by atomic mass is 79.9. The molecule has 2 aromatic carbocycles. The van der Waals surface area contributed by atoms with Crippen molar-refractivity contribution in [2.45, 2.75) is 45.7 Å². The van der Waals surface area contributed by atoms with Gasteiger partial charge in [-0.15, -0.1) is 0 Å². The van der Waals surface area contributed by atoms with Crippen molar-refractivity contribution < 1.29 is 14.1 Å². The second-order valence-electron chi connectivity index (χ2n) is 8.91. The first kappa shape index (κ1) is 25.1. The Balaban J connectivity index is 1.38. The molecule has 2 unspecified atom stereocenters. The third-order valence-corrected chi connectivity index (χ3v) is 6.70. The Morgan fingerprint density at radius 2 is 2.06 bits per heavy atom. The summed E-state index contributed by atoms with van der Waals surface area (Å²) in [4.78, 5) is 32.5. The number of hydrogen-bond donors (Lipinski definition) is 2. The molecular weight excluding hydrogens is 510 g/mol. The number of aromatic nitrogens is 2. The number of para-hydroxylation sites is 1. The predicted molar refractivity (Wildman–Crippen MR) is 138 cm³/mol. The standard InChI is InChI=1S/C26H30BrN5O3/c1-3-17(2)28-26(34)21-11-4-5-12-22(21)29-25(33)19-9-7-13-32(15-19)16-23-30-24(31-35-23)18-8-6-10-20(27)14-18/h4-6,8,10-12,14,17,19H,3,7,9,13,15-16H2,1-2H3,(H,28,34)(H,29,33). The molecule has 3 aromatic rings. The molecule has 2 amide bonds. The lowest BCUT2D eigenvalue weighted by Gasteiger charge is -2.31. The highest BCUT2D eigenvalue weighted by Gasteiger charge is 2.28. The fourth-order valence-electron chi connectivity index (χ4n) is 4.10. The van der Waals surface area contributed by atoms with Crippen LogP contribution in [0.3, 0.4) is 0 Å². The van der Waals surface area contributed by atoms with E-state index in [0.29, 0.717) is 36.1 Å². The number of benzene rings is 2. The van der Waals surface area contributed by atoms with Crippen molar-refractivity contribution in [1.82, 2.24) is 20.4 Å². The molecule has 0 saturated carbocycles. The minimum absolute atomic E-state index is 0.0618. The summed E-state index contributed by atoms with van der Waals surface area (Å²) in [6.07, 6.45) is 2.51. The first-order chi connectivity index (χ1) is 16.9. The Hall–Kier alpha value is -3.04. The lowest BCUT2D eigenvalue weighted by molar-refractivity contribution is -0.121. The second-order valence-corrected chi connectivity index (χ2v) is 9.83. The normalized spacial score (nSPS) is 17.1. The number of carbonyl (C=O) groups is 2. The van der Waals surface area contributed by atoms with E-state index < -0.39 is 0 Å². The molecule has 0 bridgehead atoms. The molecule has 0 aliphatic carbocycles. The third kappa shape index (κ3) is 6.55. The number of piperidine rings is 1. The number of likely N-dealkylation sites (tertiary alicyclic amines) is 1. The molecule has 8 nitrogen and oxygen atoms in total. The van der Waals surface area contributed by atoms with E-state index in [4.69, 9.17) is 4.52 Å². The molecule has 0 spiro atoms. The maximum atomic E-state index is 13.1. The van der Waals surface area contributed by atoms with Crippen LogP contribution in [0, 0.1) is 5.92 Å². The first-order valence-electron chi connectivity index (χ1n) is 11.9. The highest BCUT2D eigenvalue weighted by Crippen LogP contribution is 2.24. The van der Waals surface area contributed by atoms with Gasteiger partial charge >= 0.3 is 0 Å². The van der Waals surface area contributed by atoms with Crippen molar-refractivity contribution in [2.75, 3.05) is 18.4 Å². The van der Waals surface area contributed by atoms with Gasteiger partial charge in [0.1, 0.15) is 0 Å². The average molecular weight is 540 g/mol. The Morgan fingerprint density at radius 1 is 1.23 bits per heavy atom. The van der Waals surface area contributed by atoms with Crippen molar-refractivity contribution in [3.05, 3.63) is 64.5 Å². The van der Waals surface area contributed by atoms with Gasteiger partial charge in [-0.2, -0.15) is 4.98 Å². The van der Waals surface area contributed by atoms with Crippen LogP contribution < -0.4 is 10.6 Å². The molecule has 0 radical (unpaired) electrons. The third-order valence-electron chi connectivity index (χ3n) is 6.21. The van der Waals surface area contributed by atoms with Gasteiger partial charge in [-0.3, -0.25) is 14.5 Å². The monoisotopic (exact) mass is 539 g/mol. The van der Waals surface area contributed by atoms with E-state index >= 15 is 0 Å². The lowest BCUT2D eigenvalue weighted by Crippen LogP contribution is -2.40. The topological polar surface area (TPSA) is 100 Å². The number of carbonyl (C=O) groups excluding carboxylic acids is 2. The largest absolute Gasteiger partial charge is 0.350 e. The summed E-state index contributed by atoms with van der Waals surface area (Å²) in [7, 11) is 0. The zero-order valence-electron chi connectivity index (χ0n) is 20.0. The summed E-state index contributed by atoms with van der Waals surface area (Å²) in [5.74, 6) is 0.604. The Kier molecular flexibility index (Phi) is 8.30. The molecule has 4 rings (SSSR count). The van der Waals surface area contributed by atoms with Crippen molar-refractivity contribution in [3.63, 3.8) is 0 Å². The Morgan fingerprint density at radius 3 is 2.86 bits per heavy atom. The number of halogens is 1. The van der Waals surface area contributed by atoms with Crippen molar-refractivity contribution >= 4 is 33.4 Å². The lowest BCUT2D eigenvalue weighted by atomic mass is 9.96. The average Bonchev–Trinajstić information content (AvgIpc) is 3.33. The summed E-state index contributed by atoms with van der Waals surface area (Å²) in [6.45, 7) is 5.90. The van der Waals surface area contributed by atoms with Gasteiger partial charge in [-0.05, 0) is 57.0 Å². The van der Waals surface area contributed by atoms with E-state index in [1.807, 2.05) is 44.2 Å². The number of nitrogens with one attached hydrogen (secondary N) is 2. The molecular formula is C26H30BrN5O3. The van der Waals surface area contributed by atoms with Gasteiger partial charge in [0.25, 0.3) is 5.91 Å². The maximum absolute atomic E-state index is 13.1. The molecule has 184 valence electrons. The maximum Gasteiger partial charge on any atom is 0.253 e. The summed E-state index contributed by atoms with van der Waals surface area (Å²) < 4.78 is 6.42. The van der Waals surface area contributed by atoms with Crippen LogP contribution in [0.4, 0.5) is 5.69 Å². The van der Waals surface area contributed by atoms with Crippen molar-refractivity contribution in [1.29, 1.82) is 0 Å². The van der Waals surface area contributed by atoms with Gasteiger partial charge in [-0.1, -0.05) is 52.3 Å². The van der Waals surface area contributed by atoms with Gasteiger partial charge < -0.3 is 15.2 Å². The molecule has 2 N–H and O–H groups in total. The molecule has 1 aliphatic rings. The Bertz CT molecular complexity index is 1180. The van der Waals surface area contributed by atoms with Gasteiger partial charge in [0.2, 0.25) is 17.6 Å². The van der Waals surface area contributed by atoms with Crippen LogP contribution in [0.25, 0.3) is 11.4 Å². The zero-order chi connectivity index (χ0) is 24.8. The summed E-state index contributed by atoms with van der Waals surface area (Å²) >= 11 is 3.46. The van der Waals surface area contributed by atoms with Gasteiger partial charge in [-0.25, -0.2) is 0 Å². The van der Waals surface area contributed by atoms with Crippen LogP contribution in [0.2, 0.25) is 0 Å². The van der Waals surface area contributed by atoms with Crippen LogP contribution >= 0.6 is 15.9 Å². The van der Waals surface area contributed by atoms with E-state index in [0.717, 1.165) is 35.8 Å². The zero-order valence-corrected chi connectivity index (χ0v) is 21.5. The molecule has 1 saturated heterocycles. The van der Waals surface area contributed by atoms with Crippen LogP contribution in [-0.4, -0.2) is 46.0 Å². The fraction of sp³-hybridized carbons (Fsp3) is 0.385. The number of anilines is 1. The van der Waals surface area contributed by atoms with Crippen molar-refractivity contribution in [2.24, 2.45) is 5.92 Å². The number of rotatable bonds is 8. The molecule has 2 atom stereocenters. The molecule has 35 heavy (non-hydrogen) atoms. The SMILES string of the molecule is CCC(C)NC(=O)c1ccccc1NC(=O)C1CCCN(Cc2nc(-c3cccc(Br)c3)no2)C1. The van der Waals surface area contributed by atoms with Crippen LogP contribution in [-0.2, 0) is 11.3 Å². The first-order valence-corrected chi connectivity index (χ1v) is 12.7. The van der Waals surface area contributed by atoms with Crippen molar-refractivity contribution in [3.8, 4) is 11.4 Å². The second kappa shape index (κ2) is 11.6. The van der Waals surface area contributed by atoms with E-state index in [9.17, 15) is 9.59 Å². The molecule has 1 aliphatic heterocycles. The van der Waals surface area contributed by atoms with Gasteiger partial charge in [0, 0.05) is 22.6 Å². The fourth-order valence-corrected chi connectivity index (χ4v) is 4.50. The molecule has 2 heterocycles.